The molecule has 0 aliphatic carbocycles. The number of ether oxygens (including phenoxy) is 1. The third kappa shape index (κ3) is 5.14. The summed E-state index contributed by atoms with van der Waals surface area (Å²) in [6.07, 6.45) is -0.291. The van der Waals surface area contributed by atoms with Crippen molar-refractivity contribution in [3.8, 4) is 0 Å². The summed E-state index contributed by atoms with van der Waals surface area (Å²) in [4.78, 5) is 24.1. The van der Waals surface area contributed by atoms with Crippen LogP contribution in [-0.4, -0.2) is 53.0 Å². The minimum Gasteiger partial charge on any atom is -0.465 e. The van der Waals surface area contributed by atoms with Crippen LogP contribution in [0.4, 0.5) is 9.59 Å². The molecule has 0 aromatic heterocycles. The van der Waals surface area contributed by atoms with E-state index >= 15 is 0 Å². The van der Waals surface area contributed by atoms with E-state index in [1.807, 2.05) is 30.3 Å². The van der Waals surface area contributed by atoms with Gasteiger partial charge in [-0.1, -0.05) is 30.3 Å². The highest BCUT2D eigenvalue weighted by Gasteiger charge is 2.29. The smallest absolute Gasteiger partial charge is 0.407 e. The molecular weight excluding hydrogens is 300 g/mol. The molecule has 1 aromatic rings. The Hall–Kier alpha value is -2.28. The molecule has 2 amide bonds. The largest absolute Gasteiger partial charge is 0.465 e. The topological polar surface area (TPSA) is 99.1 Å². The predicted molar refractivity (Wildman–Crippen MR) is 83.0 cm³/mol. The Bertz CT molecular complexity index is 514. The van der Waals surface area contributed by atoms with Gasteiger partial charge in [0.1, 0.15) is 6.61 Å². The van der Waals surface area contributed by atoms with Crippen LogP contribution in [-0.2, 0) is 11.3 Å². The van der Waals surface area contributed by atoms with Gasteiger partial charge in [-0.15, -0.1) is 0 Å². The average molecular weight is 322 g/mol. The number of piperidine rings is 1. The fourth-order valence-electron chi connectivity index (χ4n) is 2.72. The zero-order valence-corrected chi connectivity index (χ0v) is 12.9. The third-order valence-corrected chi connectivity index (χ3v) is 4.09. The molecule has 1 unspecified atom stereocenters. The molecule has 23 heavy (non-hydrogen) atoms. The zero-order valence-electron chi connectivity index (χ0n) is 12.9. The summed E-state index contributed by atoms with van der Waals surface area (Å²) in [5.41, 5.74) is 0.887. The van der Waals surface area contributed by atoms with Crippen LogP contribution in [0.2, 0.25) is 0 Å². The molecular formula is C16H22N2O5. The molecule has 0 spiro atoms. The normalized spacial score (nSPS) is 16.7. The van der Waals surface area contributed by atoms with Crippen LogP contribution >= 0.6 is 0 Å². The molecule has 1 aromatic carbocycles. The van der Waals surface area contributed by atoms with Crippen LogP contribution < -0.4 is 5.32 Å². The lowest BCUT2D eigenvalue weighted by atomic mass is 9.90. The van der Waals surface area contributed by atoms with E-state index in [9.17, 15) is 14.7 Å². The van der Waals surface area contributed by atoms with Gasteiger partial charge >= 0.3 is 12.2 Å². The van der Waals surface area contributed by atoms with Crippen LogP contribution in [0, 0.1) is 5.92 Å². The van der Waals surface area contributed by atoms with Gasteiger partial charge < -0.3 is 25.2 Å². The summed E-state index contributed by atoms with van der Waals surface area (Å²) in [7, 11) is 0. The Labute approximate surface area is 134 Å². The molecule has 1 atom stereocenters. The highest BCUT2D eigenvalue weighted by molar-refractivity contribution is 5.67. The maximum atomic E-state index is 11.9. The molecule has 1 saturated heterocycles. The molecule has 7 nitrogen and oxygen atoms in total. The van der Waals surface area contributed by atoms with Gasteiger partial charge in [0.25, 0.3) is 0 Å². The van der Waals surface area contributed by atoms with E-state index in [-0.39, 0.29) is 19.1 Å². The molecule has 0 saturated carbocycles. The van der Waals surface area contributed by atoms with Gasteiger partial charge in [0, 0.05) is 13.1 Å². The Morgan fingerprint density at radius 2 is 1.91 bits per heavy atom. The molecule has 1 aliphatic heterocycles. The number of nitrogens with one attached hydrogen (secondary N) is 1. The summed E-state index contributed by atoms with van der Waals surface area (Å²) in [5, 5.41) is 21.1. The monoisotopic (exact) mass is 322 g/mol. The highest BCUT2D eigenvalue weighted by atomic mass is 16.5. The highest BCUT2D eigenvalue weighted by Crippen LogP contribution is 2.21. The molecule has 0 bridgehead atoms. The van der Waals surface area contributed by atoms with Crippen molar-refractivity contribution in [3.05, 3.63) is 35.9 Å². The number of alkyl carbamates (subject to hydrolysis) is 1. The van der Waals surface area contributed by atoms with E-state index in [0.717, 1.165) is 5.56 Å². The van der Waals surface area contributed by atoms with Gasteiger partial charge in [-0.3, -0.25) is 0 Å². The minimum atomic E-state index is -0.931. The summed E-state index contributed by atoms with van der Waals surface area (Å²) in [6.45, 7) is 0.801. The molecule has 126 valence electrons. The molecule has 2 rings (SSSR count). The first kappa shape index (κ1) is 17.1. The van der Waals surface area contributed by atoms with Crippen molar-refractivity contribution in [2.24, 2.45) is 5.92 Å². The number of hydrogen-bond acceptors (Lipinski definition) is 4. The van der Waals surface area contributed by atoms with Gasteiger partial charge in [-0.05, 0) is 24.3 Å². The second-order valence-corrected chi connectivity index (χ2v) is 5.60. The number of aliphatic hydroxyl groups excluding tert-OH is 1. The van der Waals surface area contributed by atoms with Gasteiger partial charge in [-0.25, -0.2) is 9.59 Å². The fraction of sp³-hybridized carbons (Fsp3) is 0.500. The summed E-state index contributed by atoms with van der Waals surface area (Å²) in [5.74, 6) is 0.0416. The van der Waals surface area contributed by atoms with Crippen LogP contribution in [0.15, 0.2) is 30.3 Å². The number of amides is 2. The van der Waals surface area contributed by atoms with Crippen LogP contribution in [0.5, 0.6) is 0 Å². The Balaban J connectivity index is 1.78. The number of carbonyl (C=O) groups is 2. The van der Waals surface area contributed by atoms with Crippen molar-refractivity contribution in [2.45, 2.75) is 25.5 Å². The number of nitrogens with zero attached hydrogens (tertiary/aromatic N) is 1. The standard InChI is InChI=1S/C16H22N2O5/c19-10-14(13-6-8-18(9-7-13)16(21)22)17-15(20)23-11-12-4-2-1-3-5-12/h1-5,13-14,19H,6-11H2,(H,17,20)(H,21,22). The molecule has 1 fully saturated rings. The lowest BCUT2D eigenvalue weighted by molar-refractivity contribution is 0.0938. The van der Waals surface area contributed by atoms with Crippen molar-refractivity contribution in [3.63, 3.8) is 0 Å². The molecule has 0 radical (unpaired) electrons. The average Bonchev–Trinajstić information content (AvgIpc) is 2.59. The molecule has 7 heteroatoms. The van der Waals surface area contributed by atoms with Crippen molar-refractivity contribution in [1.82, 2.24) is 10.2 Å². The number of carbonyl (C=O) groups excluding carboxylic acids is 1. The van der Waals surface area contributed by atoms with E-state index in [0.29, 0.717) is 25.9 Å². The number of hydrogen-bond donors (Lipinski definition) is 3. The van der Waals surface area contributed by atoms with Crippen molar-refractivity contribution in [2.75, 3.05) is 19.7 Å². The predicted octanol–water partition coefficient (Wildman–Crippen LogP) is 1.66. The van der Waals surface area contributed by atoms with Crippen LogP contribution in [0.3, 0.4) is 0 Å². The quantitative estimate of drug-likeness (QED) is 0.766. The number of likely N-dealkylation sites (tertiary alicyclic amines) is 1. The Morgan fingerprint density at radius 1 is 1.26 bits per heavy atom. The van der Waals surface area contributed by atoms with Crippen molar-refractivity contribution >= 4 is 12.2 Å². The summed E-state index contributed by atoms with van der Waals surface area (Å²) >= 11 is 0. The second kappa shape index (κ2) is 8.38. The number of rotatable bonds is 5. The van der Waals surface area contributed by atoms with Gasteiger partial charge in [0.05, 0.1) is 12.6 Å². The van der Waals surface area contributed by atoms with Crippen molar-refractivity contribution in [1.29, 1.82) is 0 Å². The van der Waals surface area contributed by atoms with E-state index in [4.69, 9.17) is 9.84 Å². The first-order valence-electron chi connectivity index (χ1n) is 7.66. The number of benzene rings is 1. The van der Waals surface area contributed by atoms with E-state index in [2.05, 4.69) is 5.32 Å². The molecule has 1 heterocycles. The lowest BCUT2D eigenvalue weighted by Gasteiger charge is -2.34. The van der Waals surface area contributed by atoms with Gasteiger partial charge in [0.2, 0.25) is 0 Å². The maximum Gasteiger partial charge on any atom is 0.407 e. The SMILES string of the molecule is O=C(NC(CO)C1CCN(C(=O)O)CC1)OCc1ccccc1. The minimum absolute atomic E-state index is 0.0416. The first-order valence-corrected chi connectivity index (χ1v) is 7.66. The number of carboxylic acid groups (broad SMARTS) is 1. The first-order chi connectivity index (χ1) is 11.1. The van der Waals surface area contributed by atoms with E-state index in [1.54, 1.807) is 0 Å². The number of aliphatic hydroxyl groups is 1. The fourth-order valence-corrected chi connectivity index (χ4v) is 2.72. The van der Waals surface area contributed by atoms with Crippen LogP contribution in [0.25, 0.3) is 0 Å². The molecule has 3 N–H and O–H groups in total. The van der Waals surface area contributed by atoms with E-state index in [1.165, 1.54) is 4.90 Å². The third-order valence-electron chi connectivity index (χ3n) is 4.09. The van der Waals surface area contributed by atoms with Gasteiger partial charge in [-0.2, -0.15) is 0 Å². The second-order valence-electron chi connectivity index (χ2n) is 5.60. The summed E-state index contributed by atoms with van der Waals surface area (Å²) < 4.78 is 5.14. The Kier molecular flexibility index (Phi) is 6.22. The lowest BCUT2D eigenvalue weighted by Crippen LogP contribution is -2.48. The van der Waals surface area contributed by atoms with E-state index < -0.39 is 18.2 Å². The van der Waals surface area contributed by atoms with Crippen molar-refractivity contribution < 1.29 is 24.5 Å². The molecule has 1 aliphatic rings. The zero-order chi connectivity index (χ0) is 16.7. The Morgan fingerprint density at radius 3 is 2.48 bits per heavy atom. The maximum absolute atomic E-state index is 11.9. The van der Waals surface area contributed by atoms with Crippen LogP contribution in [0.1, 0.15) is 18.4 Å². The van der Waals surface area contributed by atoms with Gasteiger partial charge in [0.15, 0.2) is 0 Å². The summed E-state index contributed by atoms with van der Waals surface area (Å²) in [6, 6.07) is 8.91.